The third-order valence-corrected chi connectivity index (χ3v) is 4.43. The Morgan fingerprint density at radius 1 is 1.30 bits per heavy atom. The summed E-state index contributed by atoms with van der Waals surface area (Å²) in [5.41, 5.74) is 2.87. The number of amides is 2. The molecule has 0 radical (unpaired) electrons. The Labute approximate surface area is 157 Å². The van der Waals surface area contributed by atoms with Crippen molar-refractivity contribution in [3.05, 3.63) is 48.3 Å². The third kappa shape index (κ3) is 4.72. The fourth-order valence-corrected chi connectivity index (χ4v) is 3.07. The minimum absolute atomic E-state index is 0.204. The van der Waals surface area contributed by atoms with Gasteiger partial charge in [-0.25, -0.2) is 9.97 Å². The summed E-state index contributed by atoms with van der Waals surface area (Å²) in [4.78, 5) is 35.4. The Hall–Kier alpha value is -3.16. The quantitative estimate of drug-likeness (QED) is 0.518. The number of aromatic amines is 1. The molecule has 0 saturated heterocycles. The van der Waals surface area contributed by atoms with E-state index in [1.54, 1.807) is 12.5 Å². The highest BCUT2D eigenvalue weighted by Gasteiger charge is 2.20. The molecule has 1 unspecified atom stereocenters. The first-order valence-corrected chi connectivity index (χ1v) is 8.97. The fraction of sp³-hybridized carbons (Fsp3) is 0.368. The van der Waals surface area contributed by atoms with Crippen LogP contribution in [0.4, 0.5) is 0 Å². The van der Waals surface area contributed by atoms with Crippen molar-refractivity contribution in [1.82, 2.24) is 30.2 Å². The van der Waals surface area contributed by atoms with Gasteiger partial charge in [0.15, 0.2) is 0 Å². The van der Waals surface area contributed by atoms with Crippen molar-refractivity contribution >= 4 is 22.8 Å². The van der Waals surface area contributed by atoms with E-state index >= 15 is 0 Å². The first-order valence-electron chi connectivity index (χ1n) is 8.97. The van der Waals surface area contributed by atoms with Gasteiger partial charge in [-0.1, -0.05) is 12.1 Å². The number of aromatic nitrogens is 4. The zero-order valence-corrected chi connectivity index (χ0v) is 15.5. The highest BCUT2D eigenvalue weighted by atomic mass is 16.2. The number of aryl methyl sites for hydroxylation is 2. The summed E-state index contributed by atoms with van der Waals surface area (Å²) in [7, 11) is 2.00. The number of benzene rings is 1. The number of para-hydroxylation sites is 2. The van der Waals surface area contributed by atoms with Crippen LogP contribution >= 0.6 is 0 Å². The number of carbonyl (C=O) groups excluding carboxylic acids is 2. The maximum atomic E-state index is 12.4. The van der Waals surface area contributed by atoms with E-state index in [1.165, 1.54) is 6.92 Å². The summed E-state index contributed by atoms with van der Waals surface area (Å²) in [5.74, 6) is 0.542. The van der Waals surface area contributed by atoms with Crippen molar-refractivity contribution < 1.29 is 9.59 Å². The molecule has 2 aromatic heterocycles. The lowest BCUT2D eigenvalue weighted by atomic mass is 10.1. The number of hydrogen-bond acceptors (Lipinski definition) is 4. The van der Waals surface area contributed by atoms with Crippen LogP contribution in [0.1, 0.15) is 24.9 Å². The Bertz CT molecular complexity index is 916. The fourth-order valence-electron chi connectivity index (χ4n) is 3.07. The van der Waals surface area contributed by atoms with E-state index in [0.717, 1.165) is 35.4 Å². The van der Waals surface area contributed by atoms with Gasteiger partial charge in [-0.15, -0.1) is 0 Å². The normalized spacial score (nSPS) is 12.1. The van der Waals surface area contributed by atoms with Gasteiger partial charge >= 0.3 is 0 Å². The first kappa shape index (κ1) is 18.6. The van der Waals surface area contributed by atoms with Gasteiger partial charge in [0, 0.05) is 45.2 Å². The molecule has 0 spiro atoms. The van der Waals surface area contributed by atoms with Crippen molar-refractivity contribution in [2.24, 2.45) is 7.05 Å². The van der Waals surface area contributed by atoms with E-state index in [0.29, 0.717) is 13.0 Å². The van der Waals surface area contributed by atoms with Crippen LogP contribution in [-0.4, -0.2) is 43.9 Å². The maximum absolute atomic E-state index is 12.4. The molecule has 8 heteroatoms. The minimum atomic E-state index is -0.626. The van der Waals surface area contributed by atoms with Crippen LogP contribution in [0.25, 0.3) is 11.0 Å². The Balaban J connectivity index is 1.52. The average Bonchev–Trinajstić information content (AvgIpc) is 3.26. The van der Waals surface area contributed by atoms with E-state index < -0.39 is 6.04 Å². The average molecular weight is 368 g/mol. The van der Waals surface area contributed by atoms with Gasteiger partial charge in [-0.2, -0.15) is 0 Å². The number of nitrogens with one attached hydrogen (secondary N) is 3. The number of imidazole rings is 2. The SMILES string of the molecule is CC(=O)NC(Cc1cnc[nH]1)C(=O)NCCCc1nc2ccccc2n1C. The van der Waals surface area contributed by atoms with Crippen LogP contribution in [0.2, 0.25) is 0 Å². The van der Waals surface area contributed by atoms with Crippen molar-refractivity contribution in [2.75, 3.05) is 6.54 Å². The van der Waals surface area contributed by atoms with E-state index in [4.69, 9.17) is 0 Å². The molecule has 0 aliphatic heterocycles. The van der Waals surface area contributed by atoms with Crippen LogP contribution in [0, 0.1) is 0 Å². The molecule has 142 valence electrons. The molecule has 0 aliphatic rings. The van der Waals surface area contributed by atoms with Gasteiger partial charge in [0.1, 0.15) is 11.9 Å². The van der Waals surface area contributed by atoms with E-state index in [-0.39, 0.29) is 11.8 Å². The van der Waals surface area contributed by atoms with E-state index in [1.807, 2.05) is 31.3 Å². The zero-order valence-electron chi connectivity index (χ0n) is 15.5. The summed E-state index contributed by atoms with van der Waals surface area (Å²) in [6, 6.07) is 7.38. The maximum Gasteiger partial charge on any atom is 0.242 e. The molecule has 1 aromatic carbocycles. The molecule has 0 bridgehead atoms. The number of nitrogens with zero attached hydrogens (tertiary/aromatic N) is 3. The van der Waals surface area contributed by atoms with Crippen LogP contribution in [-0.2, 0) is 29.5 Å². The zero-order chi connectivity index (χ0) is 19.2. The molecule has 3 rings (SSSR count). The molecular formula is C19H24N6O2. The predicted octanol–water partition coefficient (Wildman–Crippen LogP) is 1.09. The van der Waals surface area contributed by atoms with Crippen LogP contribution in [0.3, 0.4) is 0 Å². The van der Waals surface area contributed by atoms with Gasteiger partial charge in [-0.05, 0) is 18.6 Å². The van der Waals surface area contributed by atoms with Crippen LogP contribution < -0.4 is 10.6 Å². The second kappa shape index (κ2) is 8.48. The van der Waals surface area contributed by atoms with E-state index in [2.05, 4.69) is 30.2 Å². The molecule has 0 saturated carbocycles. The molecule has 2 amide bonds. The van der Waals surface area contributed by atoms with Gasteiger partial charge in [0.25, 0.3) is 0 Å². The van der Waals surface area contributed by atoms with Crippen LogP contribution in [0.15, 0.2) is 36.8 Å². The lowest BCUT2D eigenvalue weighted by Crippen LogP contribution is -2.47. The Morgan fingerprint density at radius 3 is 2.81 bits per heavy atom. The highest BCUT2D eigenvalue weighted by Crippen LogP contribution is 2.15. The Kier molecular flexibility index (Phi) is 5.85. The van der Waals surface area contributed by atoms with Crippen molar-refractivity contribution in [1.29, 1.82) is 0 Å². The number of carbonyl (C=O) groups is 2. The van der Waals surface area contributed by atoms with Crippen LogP contribution in [0.5, 0.6) is 0 Å². The summed E-state index contributed by atoms with van der Waals surface area (Å²) in [6.45, 7) is 1.92. The topological polar surface area (TPSA) is 105 Å². The second-order valence-electron chi connectivity index (χ2n) is 6.50. The van der Waals surface area contributed by atoms with Gasteiger partial charge in [0.2, 0.25) is 11.8 Å². The third-order valence-electron chi connectivity index (χ3n) is 4.43. The lowest BCUT2D eigenvalue weighted by Gasteiger charge is -2.17. The van der Waals surface area contributed by atoms with Gasteiger partial charge in [-0.3, -0.25) is 9.59 Å². The first-order chi connectivity index (χ1) is 13.0. The molecule has 1 atom stereocenters. The van der Waals surface area contributed by atoms with Crippen molar-refractivity contribution in [2.45, 2.75) is 32.2 Å². The smallest absolute Gasteiger partial charge is 0.242 e. The summed E-state index contributed by atoms with van der Waals surface area (Å²) in [6.07, 6.45) is 5.09. The summed E-state index contributed by atoms with van der Waals surface area (Å²) in [5, 5.41) is 5.59. The Morgan fingerprint density at radius 2 is 2.11 bits per heavy atom. The van der Waals surface area contributed by atoms with Gasteiger partial charge in [0.05, 0.1) is 17.4 Å². The largest absolute Gasteiger partial charge is 0.354 e. The molecule has 2 heterocycles. The molecule has 27 heavy (non-hydrogen) atoms. The molecule has 3 N–H and O–H groups in total. The lowest BCUT2D eigenvalue weighted by molar-refractivity contribution is -0.128. The van der Waals surface area contributed by atoms with Crippen molar-refractivity contribution in [3.8, 4) is 0 Å². The minimum Gasteiger partial charge on any atom is -0.354 e. The molecule has 0 aliphatic carbocycles. The van der Waals surface area contributed by atoms with Gasteiger partial charge < -0.3 is 20.2 Å². The number of H-pyrrole nitrogens is 1. The second-order valence-corrected chi connectivity index (χ2v) is 6.50. The standard InChI is InChI=1S/C19H24N6O2/c1-13(26)23-16(10-14-11-20-12-22-14)19(27)21-9-5-8-18-24-15-6-3-4-7-17(15)25(18)2/h3-4,6-7,11-12,16H,5,8-10H2,1-2H3,(H,20,22)(H,21,27)(H,23,26). The molecule has 8 nitrogen and oxygen atoms in total. The summed E-state index contributed by atoms with van der Waals surface area (Å²) < 4.78 is 2.08. The molecule has 0 fully saturated rings. The number of rotatable bonds is 8. The van der Waals surface area contributed by atoms with E-state index in [9.17, 15) is 9.59 Å². The molecular weight excluding hydrogens is 344 g/mol. The highest BCUT2D eigenvalue weighted by molar-refractivity contribution is 5.87. The van der Waals surface area contributed by atoms with Crippen molar-refractivity contribution in [3.63, 3.8) is 0 Å². The summed E-state index contributed by atoms with van der Waals surface area (Å²) >= 11 is 0. The predicted molar refractivity (Wildman–Crippen MR) is 102 cm³/mol. The number of hydrogen-bond donors (Lipinski definition) is 3. The monoisotopic (exact) mass is 368 g/mol. The number of fused-ring (bicyclic) bond motifs is 1. The molecule has 3 aromatic rings.